The minimum atomic E-state index is -0.891. The number of carboxylic acids is 1. The number of pyridine rings is 1. The summed E-state index contributed by atoms with van der Waals surface area (Å²) < 4.78 is 0. The minimum Gasteiger partial charge on any atom is -0.478 e. The summed E-state index contributed by atoms with van der Waals surface area (Å²) in [6.45, 7) is 2.09. The third-order valence-corrected chi connectivity index (χ3v) is 2.81. The molecule has 0 bridgehead atoms. The standard InChI is InChI=1S/C11H14N2O2/c1-6-9(11(14)15)10(7-2-3-7)8(4-12)5-13-6/h5,7H,2-4,12H2,1H3,(H,14,15). The number of aromatic carboxylic acids is 1. The molecule has 0 amide bonds. The normalized spacial score (nSPS) is 15.3. The van der Waals surface area contributed by atoms with E-state index < -0.39 is 5.97 Å². The molecule has 1 fully saturated rings. The first kappa shape index (κ1) is 10.1. The molecule has 4 nitrogen and oxygen atoms in total. The van der Waals surface area contributed by atoms with Gasteiger partial charge in [-0.25, -0.2) is 4.79 Å². The Morgan fingerprint density at radius 1 is 1.67 bits per heavy atom. The summed E-state index contributed by atoms with van der Waals surface area (Å²) in [6.07, 6.45) is 3.84. The van der Waals surface area contributed by atoms with Gasteiger partial charge in [-0.05, 0) is 36.8 Å². The summed E-state index contributed by atoms with van der Waals surface area (Å²) in [5.41, 5.74) is 8.34. The maximum absolute atomic E-state index is 11.2. The van der Waals surface area contributed by atoms with Crippen LogP contribution in [0.15, 0.2) is 6.20 Å². The van der Waals surface area contributed by atoms with Gasteiger partial charge in [0, 0.05) is 12.7 Å². The van der Waals surface area contributed by atoms with Crippen molar-refractivity contribution in [2.24, 2.45) is 5.73 Å². The van der Waals surface area contributed by atoms with Crippen LogP contribution in [-0.4, -0.2) is 16.1 Å². The lowest BCUT2D eigenvalue weighted by atomic mass is 9.97. The van der Waals surface area contributed by atoms with E-state index in [1.807, 2.05) is 0 Å². The van der Waals surface area contributed by atoms with Crippen molar-refractivity contribution in [2.45, 2.75) is 32.2 Å². The topological polar surface area (TPSA) is 76.2 Å². The smallest absolute Gasteiger partial charge is 0.337 e. The van der Waals surface area contributed by atoms with Crippen molar-refractivity contribution in [3.05, 3.63) is 28.6 Å². The summed E-state index contributed by atoms with van der Waals surface area (Å²) in [5, 5.41) is 9.16. The third kappa shape index (κ3) is 1.72. The van der Waals surface area contributed by atoms with Crippen molar-refractivity contribution in [1.29, 1.82) is 0 Å². The zero-order chi connectivity index (χ0) is 11.0. The average molecular weight is 206 g/mol. The van der Waals surface area contributed by atoms with Crippen LogP contribution in [0.5, 0.6) is 0 Å². The van der Waals surface area contributed by atoms with Gasteiger partial charge in [0.25, 0.3) is 0 Å². The predicted molar refractivity (Wildman–Crippen MR) is 55.8 cm³/mol. The number of hydrogen-bond acceptors (Lipinski definition) is 3. The molecular weight excluding hydrogens is 192 g/mol. The quantitative estimate of drug-likeness (QED) is 0.784. The third-order valence-electron chi connectivity index (χ3n) is 2.81. The van der Waals surface area contributed by atoms with Crippen molar-refractivity contribution < 1.29 is 9.90 Å². The molecule has 0 unspecified atom stereocenters. The maximum atomic E-state index is 11.2. The second-order valence-corrected chi connectivity index (χ2v) is 3.94. The number of rotatable bonds is 3. The lowest BCUT2D eigenvalue weighted by molar-refractivity contribution is 0.0694. The Hall–Kier alpha value is -1.42. The fourth-order valence-corrected chi connectivity index (χ4v) is 1.94. The Morgan fingerprint density at radius 2 is 2.33 bits per heavy atom. The summed E-state index contributed by atoms with van der Waals surface area (Å²) >= 11 is 0. The molecule has 3 N–H and O–H groups in total. The van der Waals surface area contributed by atoms with Gasteiger partial charge in [-0.3, -0.25) is 4.98 Å². The first-order valence-corrected chi connectivity index (χ1v) is 5.07. The van der Waals surface area contributed by atoms with Gasteiger partial charge in [0.2, 0.25) is 0 Å². The largest absolute Gasteiger partial charge is 0.478 e. The summed E-state index contributed by atoms with van der Waals surface area (Å²) in [6, 6.07) is 0. The van der Waals surface area contributed by atoms with E-state index >= 15 is 0 Å². The zero-order valence-electron chi connectivity index (χ0n) is 8.66. The Balaban J connectivity index is 2.62. The molecule has 0 aliphatic heterocycles. The molecule has 80 valence electrons. The van der Waals surface area contributed by atoms with Crippen LogP contribution in [0.1, 0.15) is 45.9 Å². The molecule has 0 spiro atoms. The van der Waals surface area contributed by atoms with Gasteiger partial charge in [0.1, 0.15) is 0 Å². The van der Waals surface area contributed by atoms with Gasteiger partial charge in [-0.15, -0.1) is 0 Å². The molecule has 1 aromatic heterocycles. The van der Waals surface area contributed by atoms with E-state index in [4.69, 9.17) is 10.8 Å². The highest BCUT2D eigenvalue weighted by molar-refractivity contribution is 5.91. The van der Waals surface area contributed by atoms with Gasteiger partial charge in [-0.2, -0.15) is 0 Å². The Kier molecular flexibility index (Phi) is 2.44. The molecule has 0 saturated heterocycles. The van der Waals surface area contributed by atoms with E-state index in [1.165, 1.54) is 0 Å². The van der Waals surface area contributed by atoms with Crippen molar-refractivity contribution in [3.8, 4) is 0 Å². The summed E-state index contributed by atoms with van der Waals surface area (Å²) in [5.74, 6) is -0.506. The van der Waals surface area contributed by atoms with E-state index in [-0.39, 0.29) is 0 Å². The molecular formula is C11H14N2O2. The second-order valence-electron chi connectivity index (χ2n) is 3.94. The molecule has 2 rings (SSSR count). The molecule has 1 saturated carbocycles. The number of carbonyl (C=O) groups is 1. The number of aryl methyl sites for hydroxylation is 1. The minimum absolute atomic E-state index is 0.361. The first-order chi connectivity index (χ1) is 7.15. The number of nitrogens with zero attached hydrogens (tertiary/aromatic N) is 1. The Labute approximate surface area is 88.1 Å². The van der Waals surface area contributed by atoms with Crippen LogP contribution in [0.3, 0.4) is 0 Å². The molecule has 4 heteroatoms. The van der Waals surface area contributed by atoms with Crippen LogP contribution in [0.2, 0.25) is 0 Å². The number of hydrogen-bond donors (Lipinski definition) is 2. The van der Waals surface area contributed by atoms with Crippen molar-refractivity contribution in [3.63, 3.8) is 0 Å². The molecule has 1 heterocycles. The van der Waals surface area contributed by atoms with E-state index in [2.05, 4.69) is 4.98 Å². The summed E-state index contributed by atoms with van der Waals surface area (Å²) in [7, 11) is 0. The van der Waals surface area contributed by atoms with Crippen LogP contribution in [0.4, 0.5) is 0 Å². The van der Waals surface area contributed by atoms with Crippen LogP contribution < -0.4 is 5.73 Å². The average Bonchev–Trinajstić information content (AvgIpc) is 2.99. The molecule has 15 heavy (non-hydrogen) atoms. The Bertz CT molecular complexity index is 411. The van der Waals surface area contributed by atoms with Gasteiger partial charge in [0.05, 0.1) is 11.3 Å². The van der Waals surface area contributed by atoms with Gasteiger partial charge in [-0.1, -0.05) is 0 Å². The van der Waals surface area contributed by atoms with Gasteiger partial charge in [0.15, 0.2) is 0 Å². The van der Waals surface area contributed by atoms with Crippen LogP contribution in [0, 0.1) is 6.92 Å². The van der Waals surface area contributed by atoms with E-state index in [0.29, 0.717) is 23.7 Å². The van der Waals surface area contributed by atoms with E-state index in [1.54, 1.807) is 13.1 Å². The van der Waals surface area contributed by atoms with Crippen molar-refractivity contribution >= 4 is 5.97 Å². The van der Waals surface area contributed by atoms with E-state index in [9.17, 15) is 4.79 Å². The monoisotopic (exact) mass is 206 g/mol. The van der Waals surface area contributed by atoms with Crippen LogP contribution in [-0.2, 0) is 6.54 Å². The lowest BCUT2D eigenvalue weighted by Gasteiger charge is -2.11. The van der Waals surface area contributed by atoms with Gasteiger partial charge < -0.3 is 10.8 Å². The molecule has 0 atom stereocenters. The fraction of sp³-hybridized carbons (Fsp3) is 0.455. The highest BCUT2D eigenvalue weighted by Crippen LogP contribution is 2.43. The van der Waals surface area contributed by atoms with Crippen LogP contribution in [0.25, 0.3) is 0 Å². The maximum Gasteiger partial charge on any atom is 0.337 e. The fourth-order valence-electron chi connectivity index (χ4n) is 1.94. The second kappa shape index (κ2) is 3.62. The van der Waals surface area contributed by atoms with Crippen LogP contribution >= 0.6 is 0 Å². The first-order valence-electron chi connectivity index (χ1n) is 5.07. The molecule has 0 aromatic carbocycles. The number of carboxylic acid groups (broad SMARTS) is 1. The summed E-state index contributed by atoms with van der Waals surface area (Å²) in [4.78, 5) is 15.2. The van der Waals surface area contributed by atoms with E-state index in [0.717, 1.165) is 24.0 Å². The van der Waals surface area contributed by atoms with Crippen molar-refractivity contribution in [2.75, 3.05) is 0 Å². The molecule has 1 aliphatic carbocycles. The molecule has 1 aromatic rings. The highest BCUT2D eigenvalue weighted by Gasteiger charge is 2.31. The van der Waals surface area contributed by atoms with Gasteiger partial charge >= 0.3 is 5.97 Å². The predicted octanol–water partition coefficient (Wildman–Crippen LogP) is 1.42. The SMILES string of the molecule is Cc1ncc(CN)c(C2CC2)c1C(=O)O. The van der Waals surface area contributed by atoms with Crippen molar-refractivity contribution in [1.82, 2.24) is 4.98 Å². The molecule has 1 aliphatic rings. The Morgan fingerprint density at radius 3 is 2.80 bits per heavy atom. The number of nitrogens with two attached hydrogens (primary N) is 1. The zero-order valence-corrected chi connectivity index (χ0v) is 8.66. The number of aromatic nitrogens is 1. The highest BCUT2D eigenvalue weighted by atomic mass is 16.4. The lowest BCUT2D eigenvalue weighted by Crippen LogP contribution is -2.12. The molecule has 0 radical (unpaired) electrons.